The second-order valence-electron chi connectivity index (χ2n) is 10.8. The van der Waals surface area contributed by atoms with Crippen LogP contribution < -0.4 is 5.69 Å². The molecule has 39 heavy (non-hydrogen) atoms. The molecule has 0 amide bonds. The second kappa shape index (κ2) is 9.95. The van der Waals surface area contributed by atoms with Crippen molar-refractivity contribution in [2.45, 2.75) is 50.9 Å². The third-order valence-corrected chi connectivity index (χ3v) is 8.17. The van der Waals surface area contributed by atoms with Gasteiger partial charge in [0.1, 0.15) is 12.2 Å². The third-order valence-electron chi connectivity index (χ3n) is 8.17. The van der Waals surface area contributed by atoms with Gasteiger partial charge in [-0.2, -0.15) is 13.2 Å². The zero-order valence-corrected chi connectivity index (χ0v) is 21.9. The Morgan fingerprint density at radius 2 is 2.00 bits per heavy atom. The van der Waals surface area contributed by atoms with Crippen LogP contribution in [-0.2, 0) is 24.5 Å². The minimum atomic E-state index is -4.61. The Labute approximate surface area is 223 Å². The molecule has 0 radical (unpaired) electrons. The van der Waals surface area contributed by atoms with Crippen LogP contribution >= 0.6 is 0 Å². The van der Waals surface area contributed by atoms with Gasteiger partial charge in [-0.05, 0) is 55.0 Å². The topological polar surface area (TPSA) is 69.6 Å². The van der Waals surface area contributed by atoms with Gasteiger partial charge in [-0.15, -0.1) is 10.2 Å². The van der Waals surface area contributed by atoms with E-state index in [2.05, 4.69) is 15.1 Å². The molecule has 4 aromatic rings. The molecule has 1 aliphatic heterocycles. The van der Waals surface area contributed by atoms with Crippen LogP contribution in [0.3, 0.4) is 0 Å². The van der Waals surface area contributed by atoms with Gasteiger partial charge in [0.05, 0.1) is 30.0 Å². The number of ether oxygens (including phenoxy) is 1. The van der Waals surface area contributed by atoms with Crippen molar-refractivity contribution in [2.24, 2.45) is 13.0 Å². The molecule has 4 heterocycles. The quantitative estimate of drug-likeness (QED) is 0.363. The Hall–Kier alpha value is -3.44. The highest BCUT2D eigenvalue weighted by molar-refractivity contribution is 5.58. The molecule has 8 nitrogen and oxygen atoms in total. The van der Waals surface area contributed by atoms with E-state index < -0.39 is 17.4 Å². The number of benzene rings is 1. The van der Waals surface area contributed by atoms with Crippen molar-refractivity contribution >= 4 is 5.52 Å². The summed E-state index contributed by atoms with van der Waals surface area (Å²) in [6.45, 7) is 3.96. The minimum Gasteiger partial charge on any atom is -0.379 e. The van der Waals surface area contributed by atoms with Crippen molar-refractivity contribution in [3.05, 3.63) is 82.1 Å². The maximum atomic E-state index is 14.2. The predicted octanol–water partition coefficient (Wildman–Crippen LogP) is 4.39. The first-order valence-electron chi connectivity index (χ1n) is 13.3. The summed E-state index contributed by atoms with van der Waals surface area (Å²) in [5.41, 5.74) is 0.394. The van der Waals surface area contributed by atoms with Crippen molar-refractivity contribution in [2.75, 3.05) is 19.8 Å². The Kier molecular flexibility index (Phi) is 6.58. The Balaban J connectivity index is 1.43. The van der Waals surface area contributed by atoms with Crippen LogP contribution in [0.25, 0.3) is 11.2 Å². The lowest BCUT2D eigenvalue weighted by Gasteiger charge is -2.33. The highest BCUT2D eigenvalue weighted by Crippen LogP contribution is 2.43. The number of rotatable bonds is 6. The number of fused-ring (bicyclic) bond motifs is 1. The molecule has 0 spiro atoms. The number of aryl methyl sites for hydroxylation is 1. The maximum Gasteiger partial charge on any atom is 0.418 e. The molecule has 1 aromatic carbocycles. The van der Waals surface area contributed by atoms with Gasteiger partial charge < -0.3 is 9.30 Å². The minimum absolute atomic E-state index is 0.00761. The predicted molar refractivity (Wildman–Crippen MR) is 139 cm³/mol. The van der Waals surface area contributed by atoms with Crippen LogP contribution in [0, 0.1) is 5.92 Å². The lowest BCUT2D eigenvalue weighted by atomic mass is 9.72. The number of halogens is 3. The van der Waals surface area contributed by atoms with Gasteiger partial charge in [-0.3, -0.25) is 13.9 Å². The van der Waals surface area contributed by atoms with E-state index in [-0.39, 0.29) is 17.5 Å². The number of imidazole rings is 1. The van der Waals surface area contributed by atoms with Crippen molar-refractivity contribution in [3.8, 4) is 5.69 Å². The van der Waals surface area contributed by atoms with E-state index in [0.717, 1.165) is 35.1 Å². The third kappa shape index (κ3) is 4.78. The highest BCUT2D eigenvalue weighted by atomic mass is 19.4. The van der Waals surface area contributed by atoms with E-state index in [1.54, 1.807) is 12.4 Å². The first-order valence-corrected chi connectivity index (χ1v) is 13.3. The van der Waals surface area contributed by atoms with E-state index in [0.29, 0.717) is 43.5 Å². The first-order chi connectivity index (χ1) is 18.7. The number of nitrogens with zero attached hydrogens (tertiary/aromatic N) is 6. The van der Waals surface area contributed by atoms with Gasteiger partial charge in [0.15, 0.2) is 0 Å². The van der Waals surface area contributed by atoms with Crippen LogP contribution in [0.1, 0.15) is 54.6 Å². The molecular weight excluding hydrogens is 509 g/mol. The van der Waals surface area contributed by atoms with Gasteiger partial charge in [0.25, 0.3) is 0 Å². The Morgan fingerprint density at radius 1 is 1.18 bits per heavy atom. The Bertz CT molecular complexity index is 1550. The summed E-state index contributed by atoms with van der Waals surface area (Å²) in [5.74, 6) is 1.23. The molecule has 0 N–H and O–H groups in total. The highest BCUT2D eigenvalue weighted by Gasteiger charge is 2.36. The summed E-state index contributed by atoms with van der Waals surface area (Å²) < 4.78 is 52.5. The van der Waals surface area contributed by atoms with Crippen LogP contribution in [0.4, 0.5) is 13.2 Å². The number of pyridine rings is 1. The monoisotopic (exact) mass is 540 g/mol. The van der Waals surface area contributed by atoms with E-state index in [4.69, 9.17) is 4.74 Å². The van der Waals surface area contributed by atoms with Crippen LogP contribution in [0.5, 0.6) is 0 Å². The second-order valence-corrected chi connectivity index (χ2v) is 10.8. The summed E-state index contributed by atoms with van der Waals surface area (Å²) in [6.07, 6.45) is 3.17. The van der Waals surface area contributed by atoms with E-state index in [1.165, 1.54) is 23.0 Å². The van der Waals surface area contributed by atoms with E-state index in [1.807, 2.05) is 36.7 Å². The zero-order chi connectivity index (χ0) is 27.3. The number of hydrogen-bond acceptors (Lipinski definition) is 5. The fraction of sp³-hybridized carbons (Fsp3) is 0.464. The molecule has 1 saturated heterocycles. The molecule has 6 rings (SSSR count). The average molecular weight is 541 g/mol. The van der Waals surface area contributed by atoms with E-state index >= 15 is 0 Å². The molecule has 1 aliphatic carbocycles. The van der Waals surface area contributed by atoms with Crippen LogP contribution in [-0.4, -0.2) is 54.4 Å². The molecular formula is C28H31F3N6O2. The lowest BCUT2D eigenvalue weighted by molar-refractivity contribution is -0.136. The molecule has 0 bridgehead atoms. The number of morpholine rings is 1. The number of alkyl halides is 3. The summed E-state index contributed by atoms with van der Waals surface area (Å²) in [6, 6.07) is 8.72. The summed E-state index contributed by atoms with van der Waals surface area (Å²) in [4.78, 5) is 15.7. The number of aromatic nitrogens is 5. The van der Waals surface area contributed by atoms with Gasteiger partial charge in [-0.1, -0.05) is 18.6 Å². The Morgan fingerprint density at radius 3 is 2.67 bits per heavy atom. The molecule has 11 heteroatoms. The summed E-state index contributed by atoms with van der Waals surface area (Å²) in [5, 5.41) is 8.41. The smallest absolute Gasteiger partial charge is 0.379 e. The summed E-state index contributed by atoms with van der Waals surface area (Å²) in [7, 11) is 1.91. The molecule has 2 fully saturated rings. The largest absolute Gasteiger partial charge is 0.418 e. The number of hydrogen-bond donors (Lipinski definition) is 0. The van der Waals surface area contributed by atoms with Crippen LogP contribution in [0.15, 0.2) is 53.8 Å². The van der Waals surface area contributed by atoms with Crippen molar-refractivity contribution in [1.29, 1.82) is 0 Å². The van der Waals surface area contributed by atoms with Gasteiger partial charge in [0, 0.05) is 44.5 Å². The molecule has 206 valence electrons. The molecule has 3 aromatic heterocycles. The first kappa shape index (κ1) is 25.8. The zero-order valence-electron chi connectivity index (χ0n) is 21.9. The van der Waals surface area contributed by atoms with Gasteiger partial charge in [-0.25, -0.2) is 4.79 Å². The van der Waals surface area contributed by atoms with Crippen molar-refractivity contribution in [1.82, 2.24) is 28.6 Å². The molecule has 2 atom stereocenters. The average Bonchev–Trinajstić information content (AvgIpc) is 3.44. The standard InChI is InChI=1S/C28H31F3N6O2/c1-18-16-39-10-9-35(18)13-19-11-23(28(29,30)31)24-15-36(27(38)37(24)14-19)22-8-4-7-21(12-22)25(20-5-3-6-20)26-33-32-17-34(26)2/h4,7-8,11-12,14-15,17-18,20,25H,3,5-6,9-10,13,16H2,1-2H3/t18-,25-/m1/s1. The van der Waals surface area contributed by atoms with Crippen molar-refractivity contribution < 1.29 is 17.9 Å². The van der Waals surface area contributed by atoms with Crippen molar-refractivity contribution in [3.63, 3.8) is 0 Å². The maximum absolute atomic E-state index is 14.2. The van der Waals surface area contributed by atoms with Crippen LogP contribution in [0.2, 0.25) is 0 Å². The van der Waals surface area contributed by atoms with Gasteiger partial charge in [0.2, 0.25) is 0 Å². The molecule has 1 saturated carbocycles. The molecule has 0 unspecified atom stereocenters. The normalized spacial score (nSPS) is 19.9. The lowest BCUT2D eigenvalue weighted by Crippen LogP contribution is -2.43. The van der Waals surface area contributed by atoms with Gasteiger partial charge >= 0.3 is 11.9 Å². The van der Waals surface area contributed by atoms with E-state index in [9.17, 15) is 18.0 Å². The summed E-state index contributed by atoms with van der Waals surface area (Å²) >= 11 is 0. The SMILES string of the molecule is C[C@@H]1COCCN1Cc1cc(C(F)(F)F)c2cn(-c3cccc([C@H](c4nncn4C)C4CCC4)c3)c(=O)n2c1. The fourth-order valence-electron chi connectivity index (χ4n) is 5.82. The fourth-order valence-corrected chi connectivity index (χ4v) is 5.82. The molecule has 2 aliphatic rings.